The lowest BCUT2D eigenvalue weighted by molar-refractivity contribution is -0.144. The van der Waals surface area contributed by atoms with Gasteiger partial charge in [0.2, 0.25) is 11.7 Å². The Labute approximate surface area is 228 Å². The topological polar surface area (TPSA) is 131 Å². The second-order valence-corrected chi connectivity index (χ2v) is 9.31. The summed E-state index contributed by atoms with van der Waals surface area (Å²) in [7, 11) is 0. The van der Waals surface area contributed by atoms with Crippen LogP contribution < -0.4 is 15.5 Å². The Kier molecular flexibility index (Phi) is 8.83. The molecule has 2 heterocycles. The van der Waals surface area contributed by atoms with Gasteiger partial charge in [0, 0.05) is 31.3 Å². The largest absolute Gasteiger partial charge is 0.465 e. The Morgan fingerprint density at radius 1 is 1.00 bits per heavy atom. The monoisotopic (exact) mass is 552 g/mol. The van der Waals surface area contributed by atoms with Gasteiger partial charge in [-0.3, -0.25) is 4.79 Å². The van der Waals surface area contributed by atoms with Gasteiger partial charge in [-0.1, -0.05) is 36.4 Å². The number of anilines is 1. The highest BCUT2D eigenvalue weighted by molar-refractivity contribution is 5.85. The van der Waals surface area contributed by atoms with Crippen molar-refractivity contribution in [3.8, 4) is 17.3 Å². The Balaban J connectivity index is 1.49. The minimum atomic E-state index is -4.79. The van der Waals surface area contributed by atoms with Crippen LogP contribution >= 0.6 is 0 Å². The molecule has 0 spiro atoms. The first-order valence-electron chi connectivity index (χ1n) is 12.7. The van der Waals surface area contributed by atoms with Crippen molar-refractivity contribution in [3.05, 3.63) is 77.1 Å². The molecule has 40 heavy (non-hydrogen) atoms. The number of rotatable bonds is 9. The molecule has 1 fully saturated rings. The summed E-state index contributed by atoms with van der Waals surface area (Å²) in [4.78, 5) is 32.8. The molecule has 1 aromatic heterocycles. The van der Waals surface area contributed by atoms with E-state index in [1.54, 1.807) is 41.3 Å². The van der Waals surface area contributed by atoms with Gasteiger partial charge in [-0.25, -0.2) is 14.8 Å². The predicted octanol–water partition coefficient (Wildman–Crippen LogP) is 4.17. The fourth-order valence-corrected chi connectivity index (χ4v) is 4.52. The summed E-state index contributed by atoms with van der Waals surface area (Å²) in [6, 6.07) is 16.5. The zero-order chi connectivity index (χ0) is 28.7. The Morgan fingerprint density at radius 2 is 1.62 bits per heavy atom. The van der Waals surface area contributed by atoms with Crippen LogP contribution in [0.15, 0.2) is 54.6 Å². The van der Waals surface area contributed by atoms with E-state index in [0.717, 1.165) is 11.1 Å². The van der Waals surface area contributed by atoms with Gasteiger partial charge < -0.3 is 20.6 Å². The minimum absolute atomic E-state index is 0.0248. The Morgan fingerprint density at radius 3 is 2.23 bits per heavy atom. The maximum Gasteiger partial charge on any atom is 0.451 e. The molecule has 12 heteroatoms. The van der Waals surface area contributed by atoms with Crippen LogP contribution in [0.2, 0.25) is 0 Å². The predicted molar refractivity (Wildman–Crippen MR) is 140 cm³/mol. The van der Waals surface area contributed by atoms with Crippen LogP contribution in [0, 0.1) is 11.3 Å². The number of nitrogens with one attached hydrogen (secondary N) is 2. The molecule has 2 amide bonds. The van der Waals surface area contributed by atoms with E-state index in [1.165, 1.54) is 6.07 Å². The van der Waals surface area contributed by atoms with Crippen LogP contribution in [0.3, 0.4) is 0 Å². The summed E-state index contributed by atoms with van der Waals surface area (Å²) in [5.41, 5.74) is 2.80. The molecule has 9 nitrogen and oxygen atoms in total. The van der Waals surface area contributed by atoms with Gasteiger partial charge in [0.15, 0.2) is 0 Å². The molecule has 4 rings (SSSR count). The smallest absolute Gasteiger partial charge is 0.451 e. The number of benzene rings is 2. The number of amides is 2. The molecule has 1 saturated heterocycles. The summed E-state index contributed by atoms with van der Waals surface area (Å²) in [6.45, 7) is 0.916. The third-order valence-electron chi connectivity index (χ3n) is 6.55. The Bertz CT molecular complexity index is 1390. The normalized spacial score (nSPS) is 14.9. The number of carbonyl (C=O) groups is 2. The first-order valence-corrected chi connectivity index (χ1v) is 12.7. The molecule has 1 atom stereocenters. The van der Waals surface area contributed by atoms with Gasteiger partial charge >= 0.3 is 12.3 Å². The average molecular weight is 553 g/mol. The van der Waals surface area contributed by atoms with E-state index in [9.17, 15) is 22.8 Å². The first kappa shape index (κ1) is 28.4. The SMILES string of the molecule is N#Cc1ccc(CCNC(=O)C2CCCN2c2cc(-c3ccc(CCNC(=O)O)cc3)nc(C(F)(F)F)n2)cc1. The summed E-state index contributed by atoms with van der Waals surface area (Å²) in [5, 5.41) is 22.7. The van der Waals surface area contributed by atoms with Crippen LogP contribution in [0.4, 0.5) is 23.8 Å². The fraction of sp³-hybridized carbons (Fsp3) is 0.321. The molecule has 0 bridgehead atoms. The van der Waals surface area contributed by atoms with Crippen molar-refractivity contribution in [1.29, 1.82) is 5.26 Å². The van der Waals surface area contributed by atoms with Crippen LogP contribution in [-0.4, -0.2) is 52.8 Å². The van der Waals surface area contributed by atoms with E-state index in [1.807, 2.05) is 12.1 Å². The number of carbonyl (C=O) groups excluding carboxylic acids is 1. The van der Waals surface area contributed by atoms with E-state index in [2.05, 4.69) is 26.7 Å². The number of halogens is 3. The molecule has 1 aliphatic heterocycles. The molecule has 0 aliphatic carbocycles. The third-order valence-corrected chi connectivity index (χ3v) is 6.55. The first-order chi connectivity index (χ1) is 19.1. The Hall–Kier alpha value is -4.66. The van der Waals surface area contributed by atoms with E-state index in [4.69, 9.17) is 10.4 Å². The van der Waals surface area contributed by atoms with Crippen molar-refractivity contribution in [2.45, 2.75) is 37.9 Å². The average Bonchev–Trinajstić information content (AvgIpc) is 3.43. The van der Waals surface area contributed by atoms with Crippen LogP contribution in [0.5, 0.6) is 0 Å². The number of hydrogen-bond acceptors (Lipinski definition) is 6. The lowest BCUT2D eigenvalue weighted by Gasteiger charge is -2.26. The van der Waals surface area contributed by atoms with Crippen molar-refractivity contribution in [1.82, 2.24) is 20.6 Å². The molecule has 1 unspecified atom stereocenters. The second kappa shape index (κ2) is 12.5. The lowest BCUT2D eigenvalue weighted by atomic mass is 10.1. The fourth-order valence-electron chi connectivity index (χ4n) is 4.52. The van der Waals surface area contributed by atoms with Gasteiger partial charge in [0.05, 0.1) is 17.3 Å². The number of nitrogens with zero attached hydrogens (tertiary/aromatic N) is 4. The highest BCUT2D eigenvalue weighted by atomic mass is 19.4. The van der Waals surface area contributed by atoms with Crippen LogP contribution in [0.25, 0.3) is 11.3 Å². The molecule has 3 N–H and O–H groups in total. The summed E-state index contributed by atoms with van der Waals surface area (Å²) in [6.07, 6.45) is -3.86. The molecule has 1 aliphatic rings. The molecule has 3 aromatic rings. The van der Waals surface area contributed by atoms with Crippen molar-refractivity contribution in [2.75, 3.05) is 24.5 Å². The van der Waals surface area contributed by atoms with Crippen molar-refractivity contribution >= 4 is 17.8 Å². The number of alkyl halides is 3. The van der Waals surface area contributed by atoms with Crippen molar-refractivity contribution in [2.24, 2.45) is 0 Å². The zero-order valence-electron chi connectivity index (χ0n) is 21.4. The number of nitriles is 1. The number of carboxylic acid groups (broad SMARTS) is 1. The molecule has 2 aromatic carbocycles. The quantitative estimate of drug-likeness (QED) is 0.363. The number of aromatic nitrogens is 2. The third kappa shape index (κ3) is 7.25. The lowest BCUT2D eigenvalue weighted by Crippen LogP contribution is -2.44. The number of hydrogen-bond donors (Lipinski definition) is 3. The molecule has 0 radical (unpaired) electrons. The van der Waals surface area contributed by atoms with Crippen molar-refractivity contribution < 1.29 is 27.9 Å². The highest BCUT2D eigenvalue weighted by Crippen LogP contribution is 2.33. The van der Waals surface area contributed by atoms with Gasteiger partial charge in [-0.15, -0.1) is 0 Å². The van der Waals surface area contributed by atoms with Gasteiger partial charge in [-0.05, 0) is 48.9 Å². The summed E-state index contributed by atoms with van der Waals surface area (Å²) < 4.78 is 41.3. The minimum Gasteiger partial charge on any atom is -0.465 e. The van der Waals surface area contributed by atoms with E-state index >= 15 is 0 Å². The van der Waals surface area contributed by atoms with E-state index < -0.39 is 24.1 Å². The maximum atomic E-state index is 13.8. The zero-order valence-corrected chi connectivity index (χ0v) is 21.4. The highest BCUT2D eigenvalue weighted by Gasteiger charge is 2.38. The van der Waals surface area contributed by atoms with Crippen molar-refractivity contribution in [3.63, 3.8) is 0 Å². The van der Waals surface area contributed by atoms with Gasteiger partial charge in [0.25, 0.3) is 0 Å². The standard InChI is InChI=1S/C28H27F3N6O3/c29-28(30,31)26-35-22(21-9-7-19(8-10-21)12-14-34-27(39)40)16-24(36-26)37-15-1-2-23(37)25(38)33-13-11-18-3-5-20(17-32)6-4-18/h3-10,16,23,34H,1-2,11-15H2,(H,33,38)(H,39,40). The second-order valence-electron chi connectivity index (χ2n) is 9.31. The van der Waals surface area contributed by atoms with Gasteiger partial charge in [-0.2, -0.15) is 18.4 Å². The van der Waals surface area contributed by atoms with E-state index in [0.29, 0.717) is 49.9 Å². The van der Waals surface area contributed by atoms with Crippen LogP contribution in [0.1, 0.15) is 35.4 Å². The molecular weight excluding hydrogens is 525 g/mol. The van der Waals surface area contributed by atoms with E-state index in [-0.39, 0.29) is 24.0 Å². The summed E-state index contributed by atoms with van der Waals surface area (Å²) >= 11 is 0. The molecule has 0 saturated carbocycles. The van der Waals surface area contributed by atoms with Crippen LogP contribution in [-0.2, 0) is 23.8 Å². The maximum absolute atomic E-state index is 13.8. The summed E-state index contributed by atoms with van der Waals surface area (Å²) in [5.74, 6) is -1.56. The van der Waals surface area contributed by atoms with Gasteiger partial charge in [0.1, 0.15) is 11.9 Å². The molecule has 208 valence electrons. The molecular formula is C28H27F3N6O3.